The van der Waals surface area contributed by atoms with Crippen LogP contribution in [0.3, 0.4) is 0 Å². The molecule has 41 heavy (non-hydrogen) atoms. The van der Waals surface area contributed by atoms with E-state index in [1.54, 1.807) is 33.8 Å². The Balaban J connectivity index is 1.38. The van der Waals surface area contributed by atoms with Gasteiger partial charge in [0.25, 0.3) is 0 Å². The molecule has 1 amide bonds. The average molecular weight is 594 g/mol. The molecule has 5 rings (SSSR count). The molecule has 2 aliphatic rings. The van der Waals surface area contributed by atoms with Crippen molar-refractivity contribution in [2.45, 2.75) is 55.8 Å². The summed E-state index contributed by atoms with van der Waals surface area (Å²) in [6, 6.07) is 6.40. The van der Waals surface area contributed by atoms with Crippen LogP contribution in [0.4, 0.5) is 19.0 Å². The maximum Gasteiger partial charge on any atom is 0.409 e. The standard InChI is InChI=1S/C26H30F3N7O4S/c1-2-20(37)35-11-3-5-18(14-35)36-25-21(24(30)31-15-32-25)22(34-36)17-9-7-16(8-10-17)13-33-41(38,39)23(26(27,28)29)19-6-4-12-40-19/h2,7-10,15,18-19,23,33H,1,3-6,11-14H2,(H2,30,31,32)/t18-,19?,23?/m1/s1. The molecule has 3 atom stereocenters. The van der Waals surface area contributed by atoms with Crippen molar-refractivity contribution in [2.24, 2.45) is 0 Å². The first-order valence-electron chi connectivity index (χ1n) is 13.2. The highest BCUT2D eigenvalue weighted by Crippen LogP contribution is 2.35. The van der Waals surface area contributed by atoms with Gasteiger partial charge in [0.2, 0.25) is 15.9 Å². The fraction of sp³-hybridized carbons (Fsp3) is 0.462. The molecule has 0 bridgehead atoms. The van der Waals surface area contributed by atoms with Gasteiger partial charge in [-0.1, -0.05) is 30.8 Å². The maximum absolute atomic E-state index is 13.7. The van der Waals surface area contributed by atoms with Crippen LogP contribution >= 0.6 is 0 Å². The third kappa shape index (κ3) is 5.92. The van der Waals surface area contributed by atoms with Crippen molar-refractivity contribution in [1.82, 2.24) is 29.4 Å². The second-order valence-electron chi connectivity index (χ2n) is 10.1. The molecule has 1 aromatic carbocycles. The van der Waals surface area contributed by atoms with Gasteiger partial charge in [-0.25, -0.2) is 27.8 Å². The van der Waals surface area contributed by atoms with Crippen molar-refractivity contribution in [1.29, 1.82) is 0 Å². The fourth-order valence-electron chi connectivity index (χ4n) is 5.42. The van der Waals surface area contributed by atoms with Gasteiger partial charge >= 0.3 is 6.18 Å². The van der Waals surface area contributed by atoms with Gasteiger partial charge < -0.3 is 15.4 Å². The van der Waals surface area contributed by atoms with Crippen molar-refractivity contribution in [2.75, 3.05) is 25.4 Å². The number of benzene rings is 1. The van der Waals surface area contributed by atoms with Gasteiger partial charge in [0.15, 0.2) is 10.9 Å². The van der Waals surface area contributed by atoms with Crippen molar-refractivity contribution in [3.63, 3.8) is 0 Å². The largest absolute Gasteiger partial charge is 0.409 e. The summed E-state index contributed by atoms with van der Waals surface area (Å²) >= 11 is 0. The summed E-state index contributed by atoms with van der Waals surface area (Å²) in [5, 5.41) is 2.67. The summed E-state index contributed by atoms with van der Waals surface area (Å²) in [5.41, 5.74) is 8.29. The second-order valence-corrected chi connectivity index (χ2v) is 12.0. The Morgan fingerprint density at radius 3 is 2.63 bits per heavy atom. The number of piperidine rings is 1. The number of aromatic nitrogens is 4. The normalized spacial score (nSPS) is 20.8. The van der Waals surface area contributed by atoms with Crippen LogP contribution in [-0.2, 0) is 26.1 Å². The number of ether oxygens (including phenoxy) is 1. The number of carbonyl (C=O) groups is 1. The van der Waals surface area contributed by atoms with Crippen LogP contribution in [0.5, 0.6) is 0 Å². The topological polar surface area (TPSA) is 145 Å². The first-order chi connectivity index (χ1) is 19.5. The summed E-state index contributed by atoms with van der Waals surface area (Å²) in [6.07, 6.45) is -1.84. The smallest absolute Gasteiger partial charge is 0.383 e. The lowest BCUT2D eigenvalue weighted by Gasteiger charge is -2.32. The van der Waals surface area contributed by atoms with E-state index >= 15 is 0 Å². The molecule has 2 fully saturated rings. The predicted molar refractivity (Wildman–Crippen MR) is 145 cm³/mol. The Labute approximate surface area is 234 Å². The van der Waals surface area contributed by atoms with Gasteiger partial charge in [-0.15, -0.1) is 0 Å². The van der Waals surface area contributed by atoms with Crippen LogP contribution < -0.4 is 10.5 Å². The Morgan fingerprint density at radius 1 is 1.22 bits per heavy atom. The number of nitrogen functional groups attached to an aromatic ring is 1. The number of hydrogen-bond donors (Lipinski definition) is 2. The van der Waals surface area contributed by atoms with Gasteiger partial charge in [0.05, 0.1) is 17.5 Å². The fourth-order valence-corrected chi connectivity index (χ4v) is 6.93. The number of amides is 1. The molecular formula is C26H30F3N7O4S. The van der Waals surface area contributed by atoms with E-state index in [0.29, 0.717) is 47.4 Å². The van der Waals surface area contributed by atoms with Gasteiger partial charge in [0, 0.05) is 31.8 Å². The quantitative estimate of drug-likeness (QED) is 0.379. The number of nitrogens with zero attached hydrogens (tertiary/aromatic N) is 5. The molecule has 2 unspecified atom stereocenters. The summed E-state index contributed by atoms with van der Waals surface area (Å²) in [5.74, 6) is 0.0549. The number of alkyl halides is 3. The molecular weight excluding hydrogens is 563 g/mol. The van der Waals surface area contributed by atoms with Crippen molar-refractivity contribution in [3.05, 3.63) is 48.8 Å². The Morgan fingerprint density at radius 2 is 1.98 bits per heavy atom. The molecule has 2 aromatic heterocycles. The van der Waals surface area contributed by atoms with E-state index in [1.807, 2.05) is 0 Å². The number of likely N-dealkylation sites (tertiary alicyclic amines) is 1. The van der Waals surface area contributed by atoms with Crippen LogP contribution in [-0.4, -0.2) is 76.2 Å². The van der Waals surface area contributed by atoms with E-state index in [2.05, 4.69) is 21.3 Å². The highest BCUT2D eigenvalue weighted by atomic mass is 32.2. The molecule has 11 nitrogen and oxygen atoms in total. The third-order valence-corrected chi connectivity index (χ3v) is 9.20. The zero-order chi connectivity index (χ0) is 29.4. The molecule has 220 valence electrons. The Bertz CT molecular complexity index is 1540. The van der Waals surface area contributed by atoms with E-state index in [1.165, 1.54) is 12.4 Å². The summed E-state index contributed by atoms with van der Waals surface area (Å²) in [6.45, 7) is 4.37. The summed E-state index contributed by atoms with van der Waals surface area (Å²) in [7, 11) is -4.76. The van der Waals surface area contributed by atoms with Crippen molar-refractivity contribution >= 4 is 32.8 Å². The van der Waals surface area contributed by atoms with E-state index in [9.17, 15) is 26.4 Å². The van der Waals surface area contributed by atoms with Gasteiger partial charge in [-0.05, 0) is 37.3 Å². The molecule has 2 aliphatic heterocycles. The lowest BCUT2D eigenvalue weighted by atomic mass is 10.1. The van der Waals surface area contributed by atoms with Gasteiger partial charge in [-0.3, -0.25) is 4.79 Å². The zero-order valence-electron chi connectivity index (χ0n) is 22.0. The Kier molecular flexibility index (Phi) is 8.03. The molecule has 0 saturated carbocycles. The minimum Gasteiger partial charge on any atom is -0.383 e. The molecule has 15 heteroatoms. The maximum atomic E-state index is 13.7. The van der Waals surface area contributed by atoms with E-state index in [0.717, 1.165) is 12.8 Å². The Hall–Kier alpha value is -3.56. The molecule has 2 saturated heterocycles. The average Bonchev–Trinajstić information content (AvgIpc) is 3.60. The first kappa shape index (κ1) is 29.0. The number of rotatable bonds is 8. The van der Waals surface area contributed by atoms with E-state index in [-0.39, 0.29) is 37.3 Å². The molecule has 0 aliphatic carbocycles. The minimum absolute atomic E-state index is 0.0245. The number of sulfonamides is 1. The van der Waals surface area contributed by atoms with Crippen LogP contribution in [0.25, 0.3) is 22.3 Å². The molecule has 0 spiro atoms. The highest BCUT2D eigenvalue weighted by Gasteiger charge is 2.54. The molecule has 3 N–H and O–H groups in total. The van der Waals surface area contributed by atoms with Crippen LogP contribution in [0.15, 0.2) is 43.2 Å². The second kappa shape index (κ2) is 11.4. The number of anilines is 1. The number of carbonyl (C=O) groups excluding carboxylic acids is 1. The predicted octanol–water partition coefficient (Wildman–Crippen LogP) is 2.95. The van der Waals surface area contributed by atoms with Gasteiger partial charge in [0.1, 0.15) is 17.8 Å². The molecule has 4 heterocycles. The van der Waals surface area contributed by atoms with Gasteiger partial charge in [-0.2, -0.15) is 18.3 Å². The number of nitrogens with one attached hydrogen (secondary N) is 1. The lowest BCUT2D eigenvalue weighted by Crippen LogP contribution is -2.50. The van der Waals surface area contributed by atoms with E-state index in [4.69, 9.17) is 15.6 Å². The zero-order valence-corrected chi connectivity index (χ0v) is 22.9. The SMILES string of the molecule is C=CC(=O)N1CCC[C@@H](n2nc(-c3ccc(CNS(=O)(=O)C(C4CCCO4)C(F)(F)F)cc3)c3c(N)ncnc32)C1. The first-order valence-corrected chi connectivity index (χ1v) is 14.7. The highest BCUT2D eigenvalue weighted by molar-refractivity contribution is 7.90. The third-order valence-electron chi connectivity index (χ3n) is 7.41. The number of halogens is 3. The monoisotopic (exact) mass is 593 g/mol. The molecule has 0 radical (unpaired) electrons. The number of hydrogen-bond acceptors (Lipinski definition) is 8. The summed E-state index contributed by atoms with van der Waals surface area (Å²) in [4.78, 5) is 22.4. The molecule has 3 aromatic rings. The van der Waals surface area contributed by atoms with Crippen LogP contribution in [0, 0.1) is 0 Å². The summed E-state index contributed by atoms with van der Waals surface area (Å²) < 4.78 is 75.2. The minimum atomic E-state index is -4.97. The number of fused-ring (bicyclic) bond motifs is 1. The number of nitrogens with two attached hydrogens (primary N) is 1. The lowest BCUT2D eigenvalue weighted by molar-refractivity contribution is -0.150. The van der Waals surface area contributed by atoms with E-state index < -0.39 is 27.6 Å². The van der Waals surface area contributed by atoms with Crippen molar-refractivity contribution in [3.8, 4) is 11.3 Å². The van der Waals surface area contributed by atoms with Crippen LogP contribution in [0.2, 0.25) is 0 Å². The van der Waals surface area contributed by atoms with Crippen LogP contribution in [0.1, 0.15) is 37.3 Å². The van der Waals surface area contributed by atoms with Crippen molar-refractivity contribution < 1.29 is 31.1 Å².